The van der Waals surface area contributed by atoms with E-state index in [1.165, 1.54) is 12.2 Å². The lowest BCUT2D eigenvalue weighted by atomic mass is 9.83. The highest BCUT2D eigenvalue weighted by Gasteiger charge is 2.51. The van der Waals surface area contributed by atoms with Gasteiger partial charge in [0.15, 0.2) is 12.1 Å². The van der Waals surface area contributed by atoms with Crippen LogP contribution in [0.15, 0.2) is 60.8 Å². The number of carbonyl (C=O) groups is 2. The molecule has 4 heterocycles. The maximum atomic E-state index is 12.3. The number of aliphatic hydroxyl groups is 5. The molecule has 14 atom stereocenters. The zero-order valence-corrected chi connectivity index (χ0v) is 26.4. The number of epoxide rings is 1. The fourth-order valence-electron chi connectivity index (χ4n) is 6.00. The lowest BCUT2D eigenvalue weighted by molar-refractivity contribution is -0.308. The smallest absolute Gasteiger partial charge is 0.330 e. The van der Waals surface area contributed by atoms with Crippen LogP contribution < -0.4 is 5.73 Å². The van der Waals surface area contributed by atoms with Gasteiger partial charge in [0.2, 0.25) is 0 Å². The summed E-state index contributed by atoms with van der Waals surface area (Å²) in [7, 11) is 0. The highest BCUT2D eigenvalue weighted by Crippen LogP contribution is 2.39. The fourth-order valence-corrected chi connectivity index (χ4v) is 6.00. The molecule has 0 aromatic heterocycles. The fraction of sp³-hybridized carbons (Fsp3) is 0.636. The highest BCUT2D eigenvalue weighted by molar-refractivity contribution is 5.82. The van der Waals surface area contributed by atoms with Gasteiger partial charge in [-0.3, -0.25) is 4.79 Å². The van der Waals surface area contributed by atoms with Gasteiger partial charge in [0.1, 0.15) is 24.2 Å². The molecular weight excluding hydrogens is 618 g/mol. The normalized spacial score (nSPS) is 43.8. The first kappa shape index (κ1) is 37.1. The van der Waals surface area contributed by atoms with Crippen molar-refractivity contribution < 1.29 is 63.9 Å². The second-order valence-electron chi connectivity index (χ2n) is 12.6. The van der Waals surface area contributed by atoms with Crippen molar-refractivity contribution in [1.29, 1.82) is 0 Å². The van der Waals surface area contributed by atoms with E-state index in [-0.39, 0.29) is 25.4 Å². The van der Waals surface area contributed by atoms with Crippen LogP contribution >= 0.6 is 0 Å². The highest BCUT2D eigenvalue weighted by atomic mass is 16.7. The quantitative estimate of drug-likeness (QED) is 0.157. The van der Waals surface area contributed by atoms with Crippen molar-refractivity contribution in [2.75, 3.05) is 0 Å². The molecular formula is C33H47NO13. The van der Waals surface area contributed by atoms with Gasteiger partial charge in [-0.25, -0.2) is 4.79 Å². The third kappa shape index (κ3) is 10.6. The minimum absolute atomic E-state index is 0.0789. The Kier molecular flexibility index (Phi) is 13.1. The van der Waals surface area contributed by atoms with Gasteiger partial charge in [0.25, 0.3) is 0 Å². The number of aliphatic carboxylic acids is 1. The summed E-state index contributed by atoms with van der Waals surface area (Å²) in [5, 5.41) is 63.9. The lowest BCUT2D eigenvalue weighted by Crippen LogP contribution is -2.61. The van der Waals surface area contributed by atoms with Gasteiger partial charge in [-0.15, -0.1) is 0 Å². The molecule has 3 saturated heterocycles. The predicted octanol–water partition coefficient (Wildman–Crippen LogP) is 0.120. The molecule has 0 saturated carbocycles. The van der Waals surface area contributed by atoms with E-state index in [4.69, 9.17) is 29.4 Å². The Labute approximate surface area is 273 Å². The predicted molar refractivity (Wildman–Crippen MR) is 165 cm³/mol. The Balaban J connectivity index is 1.58. The Bertz CT molecular complexity index is 1220. The SMILES string of the molecule is C[C@@H]1CC=CC=CC=CC=C[C@H](O[C@@H]2O[C@H](C)[C@H](O)[C@H](N)[C@@H]2O)C[C@H]2O[C@@](O)(C[C@H](O)C[C@@H]3O[C@@H]3C=CC(=O)O1)C[C@@H](O)[C@H]2C(=O)O. The van der Waals surface area contributed by atoms with Crippen LogP contribution in [0.4, 0.5) is 0 Å². The Hall–Kier alpha value is -2.76. The van der Waals surface area contributed by atoms with Crippen molar-refractivity contribution in [2.45, 2.75) is 125 Å². The summed E-state index contributed by atoms with van der Waals surface area (Å²) >= 11 is 0. The molecule has 0 spiro atoms. The van der Waals surface area contributed by atoms with Crippen molar-refractivity contribution in [3.8, 4) is 0 Å². The summed E-state index contributed by atoms with van der Waals surface area (Å²) in [6.45, 7) is 3.34. The molecule has 2 bridgehead atoms. The van der Waals surface area contributed by atoms with Crippen LogP contribution in [-0.2, 0) is 33.3 Å². The molecule has 0 unspecified atom stereocenters. The molecule has 0 radical (unpaired) electrons. The second kappa shape index (κ2) is 16.6. The number of carboxylic acids is 1. The Morgan fingerprint density at radius 3 is 2.36 bits per heavy atom. The van der Waals surface area contributed by atoms with Gasteiger partial charge >= 0.3 is 11.9 Å². The van der Waals surface area contributed by atoms with E-state index >= 15 is 0 Å². The topological polar surface area (TPSA) is 231 Å². The van der Waals surface area contributed by atoms with E-state index in [2.05, 4.69) is 0 Å². The molecule has 4 aliphatic heterocycles. The molecule has 4 rings (SSSR count). The van der Waals surface area contributed by atoms with Gasteiger partial charge in [-0.2, -0.15) is 0 Å². The van der Waals surface area contributed by atoms with Crippen molar-refractivity contribution in [3.63, 3.8) is 0 Å². The first-order chi connectivity index (χ1) is 22.3. The second-order valence-corrected chi connectivity index (χ2v) is 12.6. The third-order valence-corrected chi connectivity index (χ3v) is 8.58. The van der Waals surface area contributed by atoms with E-state index in [1.807, 2.05) is 6.08 Å². The largest absolute Gasteiger partial charge is 0.481 e. The summed E-state index contributed by atoms with van der Waals surface area (Å²) < 4.78 is 28.5. The molecule has 47 heavy (non-hydrogen) atoms. The average molecular weight is 666 g/mol. The molecule has 0 aliphatic carbocycles. The molecule has 0 amide bonds. The number of carboxylic acid groups (broad SMARTS) is 1. The average Bonchev–Trinajstić information content (AvgIpc) is 3.72. The molecule has 4 aliphatic rings. The monoisotopic (exact) mass is 665 g/mol. The van der Waals surface area contributed by atoms with E-state index in [0.717, 1.165) is 0 Å². The summed E-state index contributed by atoms with van der Waals surface area (Å²) in [5.41, 5.74) is 5.98. The number of carbonyl (C=O) groups excluding carboxylic acids is 1. The third-order valence-electron chi connectivity index (χ3n) is 8.58. The molecule has 14 heteroatoms. The summed E-state index contributed by atoms with van der Waals surface area (Å²) in [6, 6.07) is -1.08. The number of nitrogens with two attached hydrogens (primary N) is 1. The summed E-state index contributed by atoms with van der Waals surface area (Å²) in [5.74, 6) is -5.45. The van der Waals surface area contributed by atoms with Gasteiger partial charge in [0, 0.05) is 38.2 Å². The number of ether oxygens (including phenoxy) is 5. The molecule has 0 aromatic carbocycles. The summed E-state index contributed by atoms with van der Waals surface area (Å²) in [6.07, 6.45) is 5.25. The van der Waals surface area contributed by atoms with Crippen LogP contribution in [-0.4, -0.2) is 122 Å². The molecule has 8 N–H and O–H groups in total. The number of rotatable bonds is 3. The molecule has 14 nitrogen and oxygen atoms in total. The van der Waals surface area contributed by atoms with Crippen LogP contribution in [0.3, 0.4) is 0 Å². The van der Waals surface area contributed by atoms with Crippen molar-refractivity contribution in [2.24, 2.45) is 11.7 Å². The number of hydrogen-bond acceptors (Lipinski definition) is 13. The number of hydrogen-bond donors (Lipinski definition) is 7. The first-order valence-electron chi connectivity index (χ1n) is 15.9. The number of cyclic esters (lactones) is 1. The Morgan fingerprint density at radius 1 is 0.936 bits per heavy atom. The van der Waals surface area contributed by atoms with Gasteiger partial charge in [-0.05, 0) is 19.9 Å². The maximum absolute atomic E-state index is 12.3. The van der Waals surface area contributed by atoms with Crippen LogP contribution in [0.1, 0.15) is 46.0 Å². The van der Waals surface area contributed by atoms with Crippen LogP contribution in [0.25, 0.3) is 0 Å². The zero-order valence-electron chi connectivity index (χ0n) is 26.4. The van der Waals surface area contributed by atoms with Crippen molar-refractivity contribution in [1.82, 2.24) is 0 Å². The van der Waals surface area contributed by atoms with E-state index in [9.17, 15) is 40.2 Å². The number of allylic oxidation sites excluding steroid dienone is 6. The Morgan fingerprint density at radius 2 is 1.64 bits per heavy atom. The van der Waals surface area contributed by atoms with Crippen LogP contribution in [0.5, 0.6) is 0 Å². The van der Waals surface area contributed by atoms with Crippen LogP contribution in [0.2, 0.25) is 0 Å². The molecule has 262 valence electrons. The maximum Gasteiger partial charge on any atom is 0.330 e. The zero-order chi connectivity index (χ0) is 34.3. The number of esters is 1. The van der Waals surface area contributed by atoms with E-state index < -0.39 is 97.3 Å². The first-order valence-corrected chi connectivity index (χ1v) is 15.9. The van der Waals surface area contributed by atoms with E-state index in [0.29, 0.717) is 6.42 Å². The minimum Gasteiger partial charge on any atom is -0.481 e. The summed E-state index contributed by atoms with van der Waals surface area (Å²) in [4.78, 5) is 24.4. The molecule has 3 fully saturated rings. The van der Waals surface area contributed by atoms with Crippen LogP contribution in [0, 0.1) is 5.92 Å². The number of aliphatic hydroxyl groups excluding tert-OH is 4. The van der Waals surface area contributed by atoms with Gasteiger partial charge in [-0.1, -0.05) is 48.6 Å². The van der Waals surface area contributed by atoms with Gasteiger partial charge in [0.05, 0.1) is 48.8 Å². The van der Waals surface area contributed by atoms with E-state index in [1.54, 1.807) is 56.4 Å². The standard InChI is InChI=1S/C33H47NO13/c1-18-10-8-6-4-3-5-7-9-11-21(45-32-30(39)28(34)29(38)19(2)44-32)15-25-27(31(40)41)22(36)17-33(42,47-25)16-20(35)14-24-23(46-24)12-13-26(37)43-18/h3-9,11-13,18-25,27-30,32,35-36,38-39,42H,10,14-17,34H2,1-2H3,(H,40,41)/t18-,19-,20-,21+,22-,23-,24+,25-,27-,28+,29+,30+,32+,33+/m1/s1. The molecule has 0 aromatic rings. The van der Waals surface area contributed by atoms with Crippen molar-refractivity contribution >= 4 is 11.9 Å². The lowest BCUT2D eigenvalue weighted by Gasteiger charge is -2.45. The van der Waals surface area contributed by atoms with Crippen molar-refractivity contribution in [3.05, 3.63) is 60.8 Å². The number of fused-ring (bicyclic) bond motifs is 3. The minimum atomic E-state index is -2.10. The van der Waals surface area contributed by atoms with Gasteiger partial charge < -0.3 is 60.1 Å².